The molecule has 0 saturated carbocycles. The first-order valence-corrected chi connectivity index (χ1v) is 9.61. The molecule has 4 rings (SSSR count). The summed E-state index contributed by atoms with van der Waals surface area (Å²) in [6.07, 6.45) is 5.82. The Hall–Kier alpha value is -2.07. The minimum absolute atomic E-state index is 0.0250. The quantitative estimate of drug-likeness (QED) is 0.691. The Morgan fingerprint density at radius 2 is 2.04 bits per heavy atom. The molecule has 1 amide bonds. The Balaban J connectivity index is 1.55. The lowest BCUT2D eigenvalue weighted by molar-refractivity contribution is 0.0931. The molecule has 1 aromatic carbocycles. The first-order valence-electron chi connectivity index (χ1n) is 8.73. The third kappa shape index (κ3) is 2.86. The molecule has 1 atom stereocenters. The van der Waals surface area contributed by atoms with E-state index < -0.39 is 0 Å². The third-order valence-corrected chi connectivity index (χ3v) is 5.84. The number of hydrogen-bond acceptors (Lipinski definition) is 2. The largest absolute Gasteiger partial charge is 0.350 e. The molecule has 2 N–H and O–H groups in total. The summed E-state index contributed by atoms with van der Waals surface area (Å²) in [7, 11) is 0. The fraction of sp³-hybridized carbons (Fsp3) is 0.350. The van der Waals surface area contributed by atoms with Crippen molar-refractivity contribution in [2.75, 3.05) is 0 Å². The average molecular weight is 338 g/mol. The van der Waals surface area contributed by atoms with Crippen molar-refractivity contribution in [1.82, 2.24) is 10.3 Å². The van der Waals surface area contributed by atoms with Crippen molar-refractivity contribution in [3.8, 4) is 0 Å². The molecule has 4 heteroatoms. The summed E-state index contributed by atoms with van der Waals surface area (Å²) < 4.78 is 1.13. The van der Waals surface area contributed by atoms with Crippen LogP contribution in [0.25, 0.3) is 10.2 Å². The van der Waals surface area contributed by atoms with Crippen molar-refractivity contribution in [1.29, 1.82) is 0 Å². The van der Waals surface area contributed by atoms with Gasteiger partial charge in [-0.1, -0.05) is 25.1 Å². The van der Waals surface area contributed by atoms with Crippen molar-refractivity contribution in [3.05, 3.63) is 58.1 Å². The number of nitrogens with one attached hydrogen (secondary N) is 2. The van der Waals surface area contributed by atoms with Crippen molar-refractivity contribution in [2.24, 2.45) is 0 Å². The predicted molar refractivity (Wildman–Crippen MR) is 99.8 cm³/mol. The van der Waals surface area contributed by atoms with E-state index in [0.717, 1.165) is 16.6 Å². The molecule has 3 aromatic rings. The van der Waals surface area contributed by atoms with E-state index in [4.69, 9.17) is 0 Å². The first kappa shape index (κ1) is 15.5. The van der Waals surface area contributed by atoms with E-state index in [1.165, 1.54) is 42.4 Å². The lowest BCUT2D eigenvalue weighted by Crippen LogP contribution is -2.28. The molecule has 2 aromatic heterocycles. The predicted octanol–water partition coefficient (Wildman–Crippen LogP) is 4.99. The highest BCUT2D eigenvalue weighted by atomic mass is 32.1. The van der Waals surface area contributed by atoms with Gasteiger partial charge in [-0.05, 0) is 66.3 Å². The van der Waals surface area contributed by atoms with Gasteiger partial charge >= 0.3 is 0 Å². The maximum Gasteiger partial charge on any atom is 0.268 e. The minimum atomic E-state index is -0.0250. The van der Waals surface area contributed by atoms with Crippen LogP contribution in [0.2, 0.25) is 0 Å². The number of H-pyrrole nitrogens is 1. The fourth-order valence-electron chi connectivity index (χ4n) is 3.60. The number of thiophene rings is 1. The summed E-state index contributed by atoms with van der Waals surface area (Å²) in [5.41, 5.74) is 5.85. The number of carbonyl (C=O) groups excluding carboxylic acids is 1. The number of aromatic nitrogens is 1. The van der Waals surface area contributed by atoms with Crippen molar-refractivity contribution in [3.63, 3.8) is 0 Å². The lowest BCUT2D eigenvalue weighted by Gasteiger charge is -2.21. The third-order valence-electron chi connectivity index (χ3n) is 4.97. The molecule has 0 bridgehead atoms. The number of fused-ring (bicyclic) bond motifs is 2. The fourth-order valence-corrected chi connectivity index (χ4v) is 4.38. The SMILES string of the molecule is CCC(NC(=O)c1cc2sccc2[nH]1)c1ccc2c(c1)CCCC2. The normalized spacial score (nSPS) is 15.2. The highest BCUT2D eigenvalue weighted by Crippen LogP contribution is 2.27. The van der Waals surface area contributed by atoms with Gasteiger partial charge in [0, 0.05) is 0 Å². The zero-order valence-corrected chi connectivity index (χ0v) is 14.7. The molecule has 24 heavy (non-hydrogen) atoms. The van der Waals surface area contributed by atoms with Crippen molar-refractivity contribution < 1.29 is 4.79 Å². The van der Waals surface area contributed by atoms with Crippen molar-refractivity contribution in [2.45, 2.75) is 45.1 Å². The summed E-state index contributed by atoms with van der Waals surface area (Å²) in [4.78, 5) is 15.8. The monoisotopic (exact) mass is 338 g/mol. The van der Waals surface area contributed by atoms with Crippen LogP contribution in [-0.2, 0) is 12.8 Å². The molecular weight excluding hydrogens is 316 g/mol. The highest BCUT2D eigenvalue weighted by molar-refractivity contribution is 7.17. The maximum absolute atomic E-state index is 12.6. The van der Waals surface area contributed by atoms with E-state index in [9.17, 15) is 4.79 Å². The van der Waals surface area contributed by atoms with E-state index in [1.807, 2.05) is 17.5 Å². The summed E-state index contributed by atoms with van der Waals surface area (Å²) >= 11 is 1.65. The van der Waals surface area contributed by atoms with Gasteiger partial charge in [0.2, 0.25) is 0 Å². The molecule has 0 fully saturated rings. The van der Waals surface area contributed by atoms with Crippen LogP contribution in [0, 0.1) is 0 Å². The number of hydrogen-bond donors (Lipinski definition) is 2. The second kappa shape index (κ2) is 6.44. The van der Waals surface area contributed by atoms with Crippen LogP contribution >= 0.6 is 11.3 Å². The smallest absolute Gasteiger partial charge is 0.268 e. The van der Waals surface area contributed by atoms with E-state index in [0.29, 0.717) is 5.69 Å². The van der Waals surface area contributed by atoms with E-state index in [2.05, 4.69) is 35.4 Å². The lowest BCUT2D eigenvalue weighted by atomic mass is 9.89. The van der Waals surface area contributed by atoms with Gasteiger partial charge in [-0.15, -0.1) is 11.3 Å². The van der Waals surface area contributed by atoms with Crippen LogP contribution in [0.3, 0.4) is 0 Å². The molecule has 0 saturated heterocycles. The van der Waals surface area contributed by atoms with Crippen molar-refractivity contribution >= 4 is 27.5 Å². The standard InChI is InChI=1S/C20H22N2OS/c1-2-16(15-8-7-13-5-3-4-6-14(13)11-15)22-20(23)18-12-19-17(21-18)9-10-24-19/h7-12,16,21H,2-6H2,1H3,(H,22,23). The number of rotatable bonds is 4. The van der Waals surface area contributed by atoms with Gasteiger partial charge in [0.1, 0.15) is 5.69 Å². The topological polar surface area (TPSA) is 44.9 Å². The van der Waals surface area contributed by atoms with Gasteiger partial charge < -0.3 is 10.3 Å². The molecule has 124 valence electrons. The Morgan fingerprint density at radius 1 is 1.21 bits per heavy atom. The molecule has 1 unspecified atom stereocenters. The molecule has 0 radical (unpaired) electrons. The Bertz CT molecular complexity index is 848. The zero-order chi connectivity index (χ0) is 16.5. The molecule has 1 aliphatic rings. The van der Waals surface area contributed by atoms with Gasteiger partial charge in [-0.3, -0.25) is 4.79 Å². The first-order chi connectivity index (χ1) is 11.7. The van der Waals surface area contributed by atoms with Gasteiger partial charge in [0.05, 0.1) is 16.3 Å². The number of benzene rings is 1. The van der Waals surface area contributed by atoms with Gasteiger partial charge in [-0.25, -0.2) is 0 Å². The summed E-state index contributed by atoms with van der Waals surface area (Å²) in [6.45, 7) is 2.12. The van der Waals surface area contributed by atoms with Crippen LogP contribution in [0.4, 0.5) is 0 Å². The Kier molecular flexibility index (Phi) is 4.15. The van der Waals surface area contributed by atoms with E-state index in [-0.39, 0.29) is 11.9 Å². The maximum atomic E-state index is 12.6. The highest BCUT2D eigenvalue weighted by Gasteiger charge is 2.18. The number of aromatic amines is 1. The zero-order valence-electron chi connectivity index (χ0n) is 13.9. The molecule has 0 spiro atoms. The van der Waals surface area contributed by atoms with Crippen LogP contribution in [0.5, 0.6) is 0 Å². The van der Waals surface area contributed by atoms with Gasteiger partial charge in [0.15, 0.2) is 0 Å². The second-order valence-electron chi connectivity index (χ2n) is 6.55. The Morgan fingerprint density at radius 3 is 2.83 bits per heavy atom. The number of carbonyl (C=O) groups is 1. The van der Waals surface area contributed by atoms with Crippen LogP contribution in [-0.4, -0.2) is 10.9 Å². The van der Waals surface area contributed by atoms with E-state index >= 15 is 0 Å². The summed E-state index contributed by atoms with van der Waals surface area (Å²) in [5.74, 6) is -0.0250. The number of amides is 1. The van der Waals surface area contributed by atoms with Crippen LogP contribution < -0.4 is 5.32 Å². The molecule has 3 nitrogen and oxygen atoms in total. The molecule has 0 aliphatic heterocycles. The summed E-state index contributed by atoms with van der Waals surface area (Å²) in [6, 6.07) is 10.8. The number of aryl methyl sites for hydroxylation is 2. The Labute approximate surface area is 146 Å². The van der Waals surface area contributed by atoms with E-state index in [1.54, 1.807) is 11.3 Å². The van der Waals surface area contributed by atoms with Crippen LogP contribution in [0.15, 0.2) is 35.7 Å². The molecule has 1 aliphatic carbocycles. The van der Waals surface area contributed by atoms with Gasteiger partial charge in [0.25, 0.3) is 5.91 Å². The second-order valence-corrected chi connectivity index (χ2v) is 7.50. The van der Waals surface area contributed by atoms with Crippen LogP contribution in [0.1, 0.15) is 59.4 Å². The molecular formula is C20H22N2OS. The minimum Gasteiger partial charge on any atom is -0.350 e. The molecule has 2 heterocycles. The average Bonchev–Trinajstić information content (AvgIpc) is 3.21. The van der Waals surface area contributed by atoms with Gasteiger partial charge in [-0.2, -0.15) is 0 Å². The summed E-state index contributed by atoms with van der Waals surface area (Å²) in [5, 5.41) is 5.22.